The molecule has 176 valence electrons. The van der Waals surface area contributed by atoms with Crippen molar-refractivity contribution in [1.29, 1.82) is 5.26 Å². The maximum Gasteiger partial charge on any atom is 0.435 e. The monoisotopic (exact) mass is 474 g/mol. The van der Waals surface area contributed by atoms with E-state index in [0.717, 1.165) is 12.3 Å². The van der Waals surface area contributed by atoms with E-state index in [4.69, 9.17) is 0 Å². The quantitative estimate of drug-likeness (QED) is 0.543. The molecule has 0 unspecified atom stereocenters. The van der Waals surface area contributed by atoms with Crippen LogP contribution in [0.2, 0.25) is 0 Å². The van der Waals surface area contributed by atoms with Crippen LogP contribution in [0.25, 0.3) is 5.82 Å². The Labute approximate surface area is 191 Å². The van der Waals surface area contributed by atoms with Gasteiger partial charge in [0.1, 0.15) is 5.69 Å². The van der Waals surface area contributed by atoms with Crippen LogP contribution in [0.3, 0.4) is 0 Å². The number of nitrogens with zero attached hydrogens (tertiary/aromatic N) is 4. The van der Waals surface area contributed by atoms with Gasteiger partial charge in [0.15, 0.2) is 17.3 Å². The number of anilines is 1. The van der Waals surface area contributed by atoms with Gasteiger partial charge in [-0.2, -0.15) is 23.5 Å². The molecule has 8 nitrogen and oxygen atoms in total. The summed E-state index contributed by atoms with van der Waals surface area (Å²) in [5.41, 5.74) is -1.73. The lowest BCUT2D eigenvalue weighted by atomic mass is 10.0. The first-order chi connectivity index (χ1) is 15.9. The minimum Gasteiger partial charge on any atom is -0.350 e. The van der Waals surface area contributed by atoms with E-state index in [9.17, 15) is 32.4 Å². The number of amides is 2. The number of aryl methyl sites for hydroxylation is 1. The van der Waals surface area contributed by atoms with Crippen molar-refractivity contribution in [2.45, 2.75) is 33.0 Å². The first kappa shape index (κ1) is 24.4. The van der Waals surface area contributed by atoms with E-state index in [1.807, 2.05) is 6.07 Å². The summed E-state index contributed by atoms with van der Waals surface area (Å²) in [4.78, 5) is 29.5. The van der Waals surface area contributed by atoms with Crippen LogP contribution < -0.4 is 10.6 Å². The molecule has 3 aromatic rings. The Kier molecular flexibility index (Phi) is 6.67. The highest BCUT2D eigenvalue weighted by Gasteiger charge is 2.37. The number of carbonyl (C=O) groups is 2. The van der Waals surface area contributed by atoms with Gasteiger partial charge in [0.05, 0.1) is 22.9 Å². The molecule has 0 bridgehead atoms. The molecular formula is C22H18F4N6O2. The lowest BCUT2D eigenvalue weighted by Gasteiger charge is -2.16. The van der Waals surface area contributed by atoms with Gasteiger partial charge in [0.25, 0.3) is 11.8 Å². The smallest absolute Gasteiger partial charge is 0.350 e. The lowest BCUT2D eigenvalue weighted by Crippen LogP contribution is -2.31. The molecule has 3 rings (SSSR count). The van der Waals surface area contributed by atoms with E-state index in [2.05, 4.69) is 20.7 Å². The third kappa shape index (κ3) is 5.03. The third-order valence-electron chi connectivity index (χ3n) is 4.54. The zero-order valence-corrected chi connectivity index (χ0v) is 18.2. The van der Waals surface area contributed by atoms with E-state index in [1.165, 1.54) is 25.1 Å². The number of hydrogen-bond acceptors (Lipinski definition) is 5. The minimum atomic E-state index is -4.92. The van der Waals surface area contributed by atoms with E-state index in [0.29, 0.717) is 16.3 Å². The summed E-state index contributed by atoms with van der Waals surface area (Å²) in [5.74, 6) is -3.32. The first-order valence-electron chi connectivity index (χ1n) is 9.87. The highest BCUT2D eigenvalue weighted by Crippen LogP contribution is 2.30. The van der Waals surface area contributed by atoms with Crippen molar-refractivity contribution in [3.05, 3.63) is 70.4 Å². The van der Waals surface area contributed by atoms with Gasteiger partial charge in [-0.3, -0.25) is 9.59 Å². The molecule has 2 aromatic heterocycles. The number of benzene rings is 1. The molecule has 0 saturated carbocycles. The fourth-order valence-corrected chi connectivity index (χ4v) is 3.09. The SMILES string of the molecule is Cc1cc(C#N)cc(C(=O)NC(C)C)c1NC(=O)c1cc(C(F)(F)F)nn1-c1ncccc1F. The van der Waals surface area contributed by atoms with Gasteiger partial charge in [-0.05, 0) is 50.6 Å². The van der Waals surface area contributed by atoms with Gasteiger partial charge in [0, 0.05) is 18.3 Å². The fourth-order valence-electron chi connectivity index (χ4n) is 3.09. The molecule has 0 aliphatic heterocycles. The zero-order valence-electron chi connectivity index (χ0n) is 18.2. The molecule has 0 fully saturated rings. The minimum absolute atomic E-state index is 0.0232. The van der Waals surface area contributed by atoms with Gasteiger partial charge in [-0.25, -0.2) is 14.1 Å². The van der Waals surface area contributed by atoms with Crippen LogP contribution in [0.1, 0.15) is 51.5 Å². The summed E-state index contributed by atoms with van der Waals surface area (Å²) >= 11 is 0. The number of aromatic nitrogens is 3. The van der Waals surface area contributed by atoms with E-state index >= 15 is 0 Å². The van der Waals surface area contributed by atoms with Crippen molar-refractivity contribution in [3.8, 4) is 11.9 Å². The molecule has 0 aliphatic carbocycles. The van der Waals surface area contributed by atoms with Crippen molar-refractivity contribution >= 4 is 17.5 Å². The normalized spacial score (nSPS) is 11.3. The summed E-state index contributed by atoms with van der Waals surface area (Å²) in [6, 6.07) is 6.92. The molecule has 1 aromatic carbocycles. The van der Waals surface area contributed by atoms with Gasteiger partial charge >= 0.3 is 6.18 Å². The van der Waals surface area contributed by atoms with Crippen molar-refractivity contribution < 1.29 is 27.2 Å². The Morgan fingerprint density at radius 3 is 2.47 bits per heavy atom. The average Bonchev–Trinajstić information content (AvgIpc) is 3.20. The molecule has 2 N–H and O–H groups in total. The van der Waals surface area contributed by atoms with E-state index < -0.39 is 41.0 Å². The summed E-state index contributed by atoms with van der Waals surface area (Å²) in [5, 5.41) is 17.6. The standard InChI is InChI=1S/C22H18F4N6O2/c1-11(2)29-20(33)14-8-13(10-27)7-12(3)18(14)30-21(34)16-9-17(22(24,25)26)31-32(16)19-15(23)5-4-6-28-19/h4-9,11H,1-3H3,(H,29,33)(H,30,34). The van der Waals surface area contributed by atoms with Crippen molar-refractivity contribution in [2.75, 3.05) is 5.32 Å². The predicted molar refractivity (Wildman–Crippen MR) is 113 cm³/mol. The van der Waals surface area contributed by atoms with Crippen molar-refractivity contribution in [1.82, 2.24) is 20.1 Å². The molecule has 2 heterocycles. The lowest BCUT2D eigenvalue weighted by molar-refractivity contribution is -0.141. The van der Waals surface area contributed by atoms with Crippen LogP contribution in [0.4, 0.5) is 23.2 Å². The number of carbonyl (C=O) groups excluding carboxylic acids is 2. The van der Waals surface area contributed by atoms with E-state index in [1.54, 1.807) is 13.8 Å². The highest BCUT2D eigenvalue weighted by atomic mass is 19.4. The average molecular weight is 474 g/mol. The topological polar surface area (TPSA) is 113 Å². The molecule has 0 radical (unpaired) electrons. The summed E-state index contributed by atoms with van der Waals surface area (Å²) < 4.78 is 54.7. The Balaban J connectivity index is 2.12. The summed E-state index contributed by atoms with van der Waals surface area (Å²) in [6.45, 7) is 4.92. The van der Waals surface area contributed by atoms with Crippen LogP contribution in [0.15, 0.2) is 36.5 Å². The zero-order chi connectivity index (χ0) is 25.2. The third-order valence-corrected chi connectivity index (χ3v) is 4.54. The Morgan fingerprint density at radius 1 is 1.18 bits per heavy atom. The predicted octanol–water partition coefficient (Wildman–Crippen LogP) is 4.00. The first-order valence-corrected chi connectivity index (χ1v) is 9.87. The summed E-state index contributed by atoms with van der Waals surface area (Å²) in [6.07, 6.45) is -3.79. The molecular weight excluding hydrogens is 456 g/mol. The van der Waals surface area contributed by atoms with Gasteiger partial charge in [0.2, 0.25) is 0 Å². The van der Waals surface area contributed by atoms with Gasteiger partial charge < -0.3 is 10.6 Å². The Hall–Kier alpha value is -4.27. The maximum atomic E-state index is 14.3. The van der Waals surface area contributed by atoms with Crippen LogP contribution >= 0.6 is 0 Å². The van der Waals surface area contributed by atoms with Crippen LogP contribution in [0, 0.1) is 24.1 Å². The van der Waals surface area contributed by atoms with Crippen molar-refractivity contribution in [3.63, 3.8) is 0 Å². The number of halogens is 4. The number of nitriles is 1. The second kappa shape index (κ2) is 9.30. The number of alkyl halides is 3. The molecule has 0 atom stereocenters. The number of pyridine rings is 1. The molecule has 2 amide bonds. The Morgan fingerprint density at radius 2 is 1.88 bits per heavy atom. The Bertz CT molecular complexity index is 1310. The van der Waals surface area contributed by atoms with E-state index in [-0.39, 0.29) is 22.9 Å². The fraction of sp³-hybridized carbons (Fsp3) is 0.227. The molecule has 0 aliphatic rings. The van der Waals surface area contributed by atoms with Crippen LogP contribution in [-0.2, 0) is 6.18 Å². The van der Waals surface area contributed by atoms with Gasteiger partial charge in [-0.1, -0.05) is 0 Å². The molecule has 0 saturated heterocycles. The molecule has 34 heavy (non-hydrogen) atoms. The molecule has 0 spiro atoms. The number of nitrogens with one attached hydrogen (secondary N) is 2. The highest BCUT2D eigenvalue weighted by molar-refractivity contribution is 6.09. The largest absolute Gasteiger partial charge is 0.435 e. The maximum absolute atomic E-state index is 14.3. The van der Waals surface area contributed by atoms with Gasteiger partial charge in [-0.15, -0.1) is 0 Å². The number of hydrogen-bond donors (Lipinski definition) is 2. The van der Waals surface area contributed by atoms with Crippen LogP contribution in [0.5, 0.6) is 0 Å². The van der Waals surface area contributed by atoms with Crippen LogP contribution in [-0.4, -0.2) is 32.6 Å². The van der Waals surface area contributed by atoms with Crippen molar-refractivity contribution in [2.24, 2.45) is 0 Å². The molecule has 12 heteroatoms. The number of rotatable bonds is 5. The second-order valence-electron chi connectivity index (χ2n) is 7.54. The summed E-state index contributed by atoms with van der Waals surface area (Å²) in [7, 11) is 0. The second-order valence-corrected chi connectivity index (χ2v) is 7.54.